The first-order valence-electron chi connectivity index (χ1n) is 3.78. The van der Waals surface area contributed by atoms with E-state index in [-0.39, 0.29) is 18.1 Å². The van der Waals surface area contributed by atoms with Gasteiger partial charge in [0.15, 0.2) is 0 Å². The van der Waals surface area contributed by atoms with Gasteiger partial charge >= 0.3 is 5.97 Å². The molecule has 0 aliphatic heterocycles. The second kappa shape index (κ2) is 3.59. The van der Waals surface area contributed by atoms with Crippen molar-refractivity contribution in [1.82, 2.24) is 4.98 Å². The molecule has 1 aromatic heterocycles. The van der Waals surface area contributed by atoms with Crippen LogP contribution in [0.5, 0.6) is 0 Å². The molecule has 0 radical (unpaired) electrons. The fourth-order valence-corrected chi connectivity index (χ4v) is 1.26. The molecule has 2 rings (SSSR count). The Morgan fingerprint density at radius 2 is 2.07 bits per heavy atom. The van der Waals surface area contributed by atoms with Crippen LogP contribution in [0, 0.1) is 0 Å². The molecule has 0 saturated heterocycles. The third kappa shape index (κ3) is 1.65. The van der Waals surface area contributed by atoms with Crippen LogP contribution in [0.4, 0.5) is 5.69 Å². The molecule has 0 aliphatic carbocycles. The number of nitrogen functional groups attached to an aromatic ring is 1. The zero-order valence-corrected chi connectivity index (χ0v) is 7.97. The van der Waals surface area contributed by atoms with Crippen LogP contribution in [0.15, 0.2) is 24.3 Å². The van der Waals surface area contributed by atoms with Crippen molar-refractivity contribution in [3.05, 3.63) is 30.0 Å². The Labute approximate surface area is 86.1 Å². The number of aromatic amines is 1. The van der Waals surface area contributed by atoms with Gasteiger partial charge in [-0.1, -0.05) is 6.07 Å². The molecule has 0 aliphatic rings. The molecule has 1 aromatic carbocycles. The summed E-state index contributed by atoms with van der Waals surface area (Å²) < 4.78 is 0. The number of anilines is 1. The number of benzene rings is 1. The maximum absolute atomic E-state index is 10.6. The van der Waals surface area contributed by atoms with Crippen molar-refractivity contribution < 1.29 is 9.90 Å². The minimum Gasteiger partial charge on any atom is -0.477 e. The normalized spacial score (nSPS) is 9.71. The van der Waals surface area contributed by atoms with E-state index in [0.717, 1.165) is 10.9 Å². The van der Waals surface area contributed by atoms with Crippen molar-refractivity contribution in [2.75, 3.05) is 5.73 Å². The van der Waals surface area contributed by atoms with Crippen LogP contribution in [-0.4, -0.2) is 16.1 Å². The van der Waals surface area contributed by atoms with Crippen LogP contribution in [0.1, 0.15) is 10.5 Å². The molecule has 4 N–H and O–H groups in total. The Morgan fingerprint density at radius 1 is 1.36 bits per heavy atom. The fourth-order valence-electron chi connectivity index (χ4n) is 1.26. The Hall–Kier alpha value is -1.68. The summed E-state index contributed by atoms with van der Waals surface area (Å²) in [5.74, 6) is -0.963. The van der Waals surface area contributed by atoms with E-state index in [4.69, 9.17) is 10.8 Å². The van der Waals surface area contributed by atoms with Crippen LogP contribution in [0.25, 0.3) is 10.9 Å². The molecular formula is C9H9ClN2O2. The lowest BCUT2D eigenvalue weighted by Gasteiger charge is -1.91. The summed E-state index contributed by atoms with van der Waals surface area (Å²) in [7, 11) is 0. The van der Waals surface area contributed by atoms with Crippen molar-refractivity contribution >= 4 is 35.0 Å². The van der Waals surface area contributed by atoms with Gasteiger partial charge in [0.1, 0.15) is 5.69 Å². The third-order valence-electron chi connectivity index (χ3n) is 1.88. The molecule has 1 heterocycles. The molecule has 0 saturated carbocycles. The summed E-state index contributed by atoms with van der Waals surface area (Å²) >= 11 is 0. The minimum atomic E-state index is -0.963. The second-order valence-electron chi connectivity index (χ2n) is 2.83. The van der Waals surface area contributed by atoms with Gasteiger partial charge in [-0.25, -0.2) is 4.79 Å². The first kappa shape index (κ1) is 10.4. The van der Waals surface area contributed by atoms with Crippen LogP contribution in [-0.2, 0) is 0 Å². The summed E-state index contributed by atoms with van der Waals surface area (Å²) in [5.41, 5.74) is 7.09. The monoisotopic (exact) mass is 212 g/mol. The second-order valence-corrected chi connectivity index (χ2v) is 2.83. The summed E-state index contributed by atoms with van der Waals surface area (Å²) in [6.07, 6.45) is 0. The standard InChI is InChI=1S/C9H8N2O2.ClH/c10-6-2-1-5-3-8(9(12)13)11-7(5)4-6;/h1-4,11H,10H2,(H,12,13);1H. The average Bonchev–Trinajstić information content (AvgIpc) is 2.46. The molecule has 0 atom stereocenters. The molecule has 5 heteroatoms. The van der Waals surface area contributed by atoms with Crippen LogP contribution in [0.3, 0.4) is 0 Å². The van der Waals surface area contributed by atoms with E-state index < -0.39 is 5.97 Å². The number of carbonyl (C=O) groups is 1. The number of aromatic nitrogens is 1. The quantitative estimate of drug-likeness (QED) is 0.632. The van der Waals surface area contributed by atoms with Crippen LogP contribution >= 0.6 is 12.4 Å². The fraction of sp³-hybridized carbons (Fsp3) is 0. The summed E-state index contributed by atoms with van der Waals surface area (Å²) in [6.45, 7) is 0. The van der Waals surface area contributed by atoms with Crippen molar-refractivity contribution in [2.24, 2.45) is 0 Å². The number of H-pyrrole nitrogens is 1. The number of hydrogen-bond donors (Lipinski definition) is 3. The average molecular weight is 213 g/mol. The van der Waals surface area contributed by atoms with E-state index >= 15 is 0 Å². The smallest absolute Gasteiger partial charge is 0.352 e. The van der Waals surface area contributed by atoms with Gasteiger partial charge in [0.25, 0.3) is 0 Å². The van der Waals surface area contributed by atoms with Crippen molar-refractivity contribution in [3.63, 3.8) is 0 Å². The van der Waals surface area contributed by atoms with E-state index in [1.54, 1.807) is 24.3 Å². The molecular weight excluding hydrogens is 204 g/mol. The highest BCUT2D eigenvalue weighted by molar-refractivity contribution is 5.94. The highest BCUT2D eigenvalue weighted by atomic mass is 35.5. The number of hydrogen-bond acceptors (Lipinski definition) is 2. The number of carboxylic acid groups (broad SMARTS) is 1. The predicted octanol–water partition coefficient (Wildman–Crippen LogP) is 1.87. The lowest BCUT2D eigenvalue weighted by molar-refractivity contribution is 0.0691. The van der Waals surface area contributed by atoms with Gasteiger partial charge in [0, 0.05) is 16.6 Å². The maximum Gasteiger partial charge on any atom is 0.352 e. The van der Waals surface area contributed by atoms with Crippen LogP contribution < -0.4 is 5.73 Å². The number of fused-ring (bicyclic) bond motifs is 1. The Morgan fingerprint density at radius 3 is 2.71 bits per heavy atom. The predicted molar refractivity (Wildman–Crippen MR) is 56.9 cm³/mol. The van der Waals surface area contributed by atoms with E-state index in [9.17, 15) is 4.79 Å². The lowest BCUT2D eigenvalue weighted by atomic mass is 10.2. The highest BCUT2D eigenvalue weighted by Gasteiger charge is 2.06. The van der Waals surface area contributed by atoms with Gasteiger partial charge in [-0.2, -0.15) is 0 Å². The Balaban J connectivity index is 0.000000980. The maximum atomic E-state index is 10.6. The van der Waals surface area contributed by atoms with Gasteiger partial charge in [-0.05, 0) is 18.2 Å². The molecule has 74 valence electrons. The van der Waals surface area contributed by atoms with Gasteiger partial charge < -0.3 is 15.8 Å². The molecule has 0 spiro atoms. The van der Waals surface area contributed by atoms with Gasteiger partial charge in [0.05, 0.1) is 0 Å². The van der Waals surface area contributed by atoms with Crippen LogP contribution in [0.2, 0.25) is 0 Å². The highest BCUT2D eigenvalue weighted by Crippen LogP contribution is 2.17. The van der Waals surface area contributed by atoms with E-state index in [1.807, 2.05) is 0 Å². The van der Waals surface area contributed by atoms with E-state index in [1.165, 1.54) is 0 Å². The van der Waals surface area contributed by atoms with Crippen molar-refractivity contribution in [1.29, 1.82) is 0 Å². The molecule has 2 aromatic rings. The molecule has 0 amide bonds. The number of nitrogens with one attached hydrogen (secondary N) is 1. The first-order chi connectivity index (χ1) is 6.16. The molecule has 4 nitrogen and oxygen atoms in total. The zero-order chi connectivity index (χ0) is 9.42. The van der Waals surface area contributed by atoms with Gasteiger partial charge in [0.2, 0.25) is 0 Å². The molecule has 0 fully saturated rings. The minimum absolute atomic E-state index is 0. The van der Waals surface area contributed by atoms with E-state index in [0.29, 0.717) is 5.69 Å². The topological polar surface area (TPSA) is 79.1 Å². The largest absolute Gasteiger partial charge is 0.477 e. The molecule has 14 heavy (non-hydrogen) atoms. The van der Waals surface area contributed by atoms with Gasteiger partial charge in [-0.15, -0.1) is 12.4 Å². The number of carboxylic acids is 1. The molecule has 0 unspecified atom stereocenters. The number of aromatic carboxylic acids is 1. The number of rotatable bonds is 1. The Kier molecular flexibility index (Phi) is 2.67. The summed E-state index contributed by atoms with van der Waals surface area (Å²) in [5, 5.41) is 9.55. The number of halogens is 1. The lowest BCUT2D eigenvalue weighted by Crippen LogP contribution is -1.94. The first-order valence-corrected chi connectivity index (χ1v) is 3.78. The van der Waals surface area contributed by atoms with Crippen molar-refractivity contribution in [3.8, 4) is 0 Å². The summed E-state index contributed by atoms with van der Waals surface area (Å²) in [6, 6.07) is 6.81. The number of nitrogens with two attached hydrogens (primary N) is 1. The zero-order valence-electron chi connectivity index (χ0n) is 7.15. The SMILES string of the molecule is Cl.Nc1ccc2cc(C(=O)O)[nH]c2c1. The van der Waals surface area contributed by atoms with Gasteiger partial charge in [-0.3, -0.25) is 0 Å². The third-order valence-corrected chi connectivity index (χ3v) is 1.88. The van der Waals surface area contributed by atoms with E-state index in [2.05, 4.69) is 4.98 Å². The van der Waals surface area contributed by atoms with Crippen molar-refractivity contribution in [2.45, 2.75) is 0 Å². The summed E-state index contributed by atoms with van der Waals surface area (Å²) in [4.78, 5) is 13.3. The Bertz CT molecular complexity index is 479. The molecule has 0 bridgehead atoms.